The zero-order valence-corrected chi connectivity index (χ0v) is 21.5. The molecule has 9 aromatic rings. The number of nitrogens with zero attached hydrogens (tertiary/aromatic N) is 4. The Morgan fingerprint density at radius 3 is 2.17 bits per heavy atom. The van der Waals surface area contributed by atoms with Crippen LogP contribution in [0.25, 0.3) is 77.0 Å². The van der Waals surface area contributed by atoms with Crippen LogP contribution in [0.1, 0.15) is 0 Å². The second-order valence-corrected chi connectivity index (χ2v) is 10.3. The molecule has 4 aromatic heterocycles. The minimum atomic E-state index is 0.993. The van der Waals surface area contributed by atoms with Crippen molar-refractivity contribution in [1.29, 1.82) is 0 Å². The van der Waals surface area contributed by atoms with Crippen molar-refractivity contribution in [3.63, 3.8) is 0 Å². The topological polar surface area (TPSA) is 35.1 Å². The molecule has 0 aliphatic rings. The first-order chi connectivity index (χ1) is 19.9. The van der Waals surface area contributed by atoms with Crippen LogP contribution in [-0.2, 0) is 0 Å². The molecule has 0 N–H and O–H groups in total. The SMILES string of the molecule is c1cncc(-c2cccc(-n3c4ccccc4c4c3ccc3c5ccccc5c5nc6ccccc6n5c34)c2)c1. The fourth-order valence-electron chi connectivity index (χ4n) is 6.47. The summed E-state index contributed by atoms with van der Waals surface area (Å²) >= 11 is 0. The molecule has 0 aliphatic heterocycles. The van der Waals surface area contributed by atoms with E-state index in [1.165, 1.54) is 43.5 Å². The van der Waals surface area contributed by atoms with Crippen LogP contribution in [0, 0.1) is 0 Å². The average molecular weight is 511 g/mol. The van der Waals surface area contributed by atoms with Gasteiger partial charge in [-0.2, -0.15) is 0 Å². The Hall–Kier alpha value is -5.48. The van der Waals surface area contributed by atoms with Gasteiger partial charge in [-0.15, -0.1) is 0 Å². The molecule has 0 spiro atoms. The lowest BCUT2D eigenvalue weighted by atomic mass is 10.0. The van der Waals surface area contributed by atoms with E-state index in [4.69, 9.17) is 4.98 Å². The van der Waals surface area contributed by atoms with Crippen LogP contribution in [0.2, 0.25) is 0 Å². The van der Waals surface area contributed by atoms with Gasteiger partial charge >= 0.3 is 0 Å². The predicted molar refractivity (Wildman–Crippen MR) is 165 cm³/mol. The molecule has 4 heteroatoms. The van der Waals surface area contributed by atoms with Crippen molar-refractivity contribution in [2.24, 2.45) is 0 Å². The van der Waals surface area contributed by atoms with E-state index in [-0.39, 0.29) is 0 Å². The van der Waals surface area contributed by atoms with Gasteiger partial charge in [-0.05, 0) is 53.4 Å². The van der Waals surface area contributed by atoms with Crippen LogP contribution in [0.15, 0.2) is 134 Å². The Labute approximate surface area is 229 Å². The Balaban J connectivity index is 1.50. The fraction of sp³-hybridized carbons (Fsp3) is 0. The highest BCUT2D eigenvalue weighted by Gasteiger charge is 2.20. The molecule has 0 fully saturated rings. The summed E-state index contributed by atoms with van der Waals surface area (Å²) in [5.41, 5.74) is 10.0. The third-order valence-electron chi connectivity index (χ3n) is 8.15. The van der Waals surface area contributed by atoms with Crippen molar-refractivity contribution < 1.29 is 0 Å². The molecule has 0 bridgehead atoms. The molecule has 0 atom stereocenters. The van der Waals surface area contributed by atoms with Gasteiger partial charge < -0.3 is 4.57 Å². The van der Waals surface area contributed by atoms with Crippen molar-refractivity contribution in [1.82, 2.24) is 18.9 Å². The first-order valence-electron chi connectivity index (χ1n) is 13.5. The quantitative estimate of drug-likeness (QED) is 0.218. The number of benzene rings is 5. The molecule has 40 heavy (non-hydrogen) atoms. The maximum atomic E-state index is 5.14. The minimum absolute atomic E-state index is 0.993. The van der Waals surface area contributed by atoms with E-state index >= 15 is 0 Å². The summed E-state index contributed by atoms with van der Waals surface area (Å²) < 4.78 is 4.77. The Morgan fingerprint density at radius 1 is 0.525 bits per heavy atom. The first-order valence-corrected chi connectivity index (χ1v) is 13.5. The molecule has 0 saturated heterocycles. The van der Waals surface area contributed by atoms with Crippen molar-refractivity contribution in [2.75, 3.05) is 0 Å². The van der Waals surface area contributed by atoms with Crippen molar-refractivity contribution >= 4 is 60.2 Å². The van der Waals surface area contributed by atoms with Crippen LogP contribution >= 0.6 is 0 Å². The van der Waals surface area contributed by atoms with Gasteiger partial charge in [-0.25, -0.2) is 4.98 Å². The van der Waals surface area contributed by atoms with Crippen molar-refractivity contribution in [3.05, 3.63) is 134 Å². The van der Waals surface area contributed by atoms with Gasteiger partial charge in [0, 0.05) is 45.2 Å². The summed E-state index contributed by atoms with van der Waals surface area (Å²) in [6.07, 6.45) is 3.74. The van der Waals surface area contributed by atoms with E-state index < -0.39 is 0 Å². The van der Waals surface area contributed by atoms with Crippen LogP contribution < -0.4 is 0 Å². The summed E-state index contributed by atoms with van der Waals surface area (Å²) in [6, 6.07) is 43.2. The van der Waals surface area contributed by atoms with Crippen LogP contribution in [-0.4, -0.2) is 18.9 Å². The Bertz CT molecular complexity index is 2430. The summed E-state index contributed by atoms with van der Waals surface area (Å²) in [5, 5.41) is 6.07. The highest BCUT2D eigenvalue weighted by molar-refractivity contribution is 6.26. The third-order valence-corrected chi connectivity index (χ3v) is 8.15. The number of pyridine rings is 2. The lowest BCUT2D eigenvalue weighted by molar-refractivity contribution is 1.18. The lowest BCUT2D eigenvalue weighted by Crippen LogP contribution is -1.96. The third kappa shape index (κ3) is 2.85. The van der Waals surface area contributed by atoms with Crippen LogP contribution in [0.4, 0.5) is 0 Å². The number of para-hydroxylation sites is 3. The Kier molecular flexibility index (Phi) is 4.30. The Morgan fingerprint density at radius 2 is 1.30 bits per heavy atom. The smallest absolute Gasteiger partial charge is 0.146 e. The van der Waals surface area contributed by atoms with Gasteiger partial charge in [0.05, 0.1) is 27.6 Å². The fourth-order valence-corrected chi connectivity index (χ4v) is 6.47. The van der Waals surface area contributed by atoms with E-state index in [2.05, 4.69) is 129 Å². The van der Waals surface area contributed by atoms with Crippen LogP contribution in [0.5, 0.6) is 0 Å². The molecule has 0 radical (unpaired) electrons. The van der Waals surface area contributed by atoms with E-state index in [1.807, 2.05) is 18.5 Å². The van der Waals surface area contributed by atoms with E-state index in [9.17, 15) is 0 Å². The minimum Gasteiger partial charge on any atom is -0.309 e. The second kappa shape index (κ2) is 8.01. The van der Waals surface area contributed by atoms with E-state index in [1.54, 1.807) is 0 Å². The lowest BCUT2D eigenvalue weighted by Gasteiger charge is -2.12. The van der Waals surface area contributed by atoms with Gasteiger partial charge in [0.25, 0.3) is 0 Å². The van der Waals surface area contributed by atoms with Crippen molar-refractivity contribution in [3.8, 4) is 16.8 Å². The number of rotatable bonds is 2. The first kappa shape index (κ1) is 21.5. The molecule has 0 saturated carbocycles. The number of hydrogen-bond acceptors (Lipinski definition) is 2. The zero-order chi connectivity index (χ0) is 26.2. The molecule has 4 nitrogen and oxygen atoms in total. The average Bonchev–Trinajstić information content (AvgIpc) is 3.58. The normalized spacial score (nSPS) is 12.0. The van der Waals surface area contributed by atoms with E-state index in [0.717, 1.165) is 33.5 Å². The maximum absolute atomic E-state index is 5.14. The number of imidazole rings is 1. The van der Waals surface area contributed by atoms with Gasteiger partial charge in [-0.1, -0.05) is 78.9 Å². The number of hydrogen-bond donors (Lipinski definition) is 0. The zero-order valence-electron chi connectivity index (χ0n) is 21.5. The molecule has 0 amide bonds. The predicted octanol–water partition coefficient (Wildman–Crippen LogP) is 8.95. The molecule has 4 heterocycles. The van der Waals surface area contributed by atoms with E-state index in [0.29, 0.717) is 0 Å². The highest BCUT2D eigenvalue weighted by atomic mass is 15.0. The maximum Gasteiger partial charge on any atom is 0.146 e. The summed E-state index contributed by atoms with van der Waals surface area (Å²) in [6.45, 7) is 0. The molecule has 0 aliphatic carbocycles. The van der Waals surface area contributed by atoms with Gasteiger partial charge in [0.2, 0.25) is 0 Å². The second-order valence-electron chi connectivity index (χ2n) is 10.3. The standard InChI is InChI=1S/C36H22N4/c1-2-13-28-26(12-1)27-18-19-33-34(35(27)40-32-17-6-4-15-30(32)38-36(28)40)29-14-3-5-16-31(29)39(33)25-11-7-9-23(21-25)24-10-8-20-37-22-24/h1-22H. The highest BCUT2D eigenvalue weighted by Crippen LogP contribution is 2.41. The number of aromatic nitrogens is 4. The van der Waals surface area contributed by atoms with Crippen LogP contribution in [0.3, 0.4) is 0 Å². The summed E-state index contributed by atoms with van der Waals surface area (Å²) in [7, 11) is 0. The number of fused-ring (bicyclic) bond motifs is 12. The largest absolute Gasteiger partial charge is 0.309 e. The molecule has 9 rings (SSSR count). The van der Waals surface area contributed by atoms with Gasteiger partial charge in [0.15, 0.2) is 0 Å². The van der Waals surface area contributed by atoms with Crippen molar-refractivity contribution in [2.45, 2.75) is 0 Å². The summed E-state index contributed by atoms with van der Waals surface area (Å²) in [4.78, 5) is 9.49. The molecule has 186 valence electrons. The molecular formula is C36H22N4. The van der Waals surface area contributed by atoms with Gasteiger partial charge in [0.1, 0.15) is 5.65 Å². The molecule has 0 unspecified atom stereocenters. The summed E-state index contributed by atoms with van der Waals surface area (Å²) in [5.74, 6) is 0. The molecule has 5 aromatic carbocycles. The molecular weight excluding hydrogens is 488 g/mol. The monoisotopic (exact) mass is 510 g/mol. The van der Waals surface area contributed by atoms with Gasteiger partial charge in [-0.3, -0.25) is 9.38 Å².